The zero-order chi connectivity index (χ0) is 14.0. The predicted molar refractivity (Wildman–Crippen MR) is 75.0 cm³/mol. The second-order valence-corrected chi connectivity index (χ2v) is 4.76. The highest BCUT2D eigenvalue weighted by Gasteiger charge is 2.11. The fourth-order valence-corrected chi connectivity index (χ4v) is 1.64. The first-order valence-corrected chi connectivity index (χ1v) is 6.05. The van der Waals surface area contributed by atoms with Crippen molar-refractivity contribution in [3.8, 4) is 0 Å². The number of nitrogens with zero attached hydrogens (tertiary/aromatic N) is 4. The van der Waals surface area contributed by atoms with Gasteiger partial charge in [-0.25, -0.2) is 4.98 Å². The second kappa shape index (κ2) is 5.13. The Hall–Kier alpha value is -2.31. The number of anilines is 1. The van der Waals surface area contributed by atoms with E-state index in [0.29, 0.717) is 17.1 Å². The highest BCUT2D eigenvalue weighted by Crippen LogP contribution is 2.13. The van der Waals surface area contributed by atoms with Crippen LogP contribution in [0.2, 0.25) is 0 Å². The van der Waals surface area contributed by atoms with E-state index in [2.05, 4.69) is 20.3 Å². The molecule has 0 bridgehead atoms. The number of H-pyrrole nitrogens is 1. The molecule has 0 saturated heterocycles. The van der Waals surface area contributed by atoms with Gasteiger partial charge in [-0.05, 0) is 13.8 Å². The summed E-state index contributed by atoms with van der Waals surface area (Å²) in [6.45, 7) is 4.03. The Morgan fingerprint density at radius 3 is 2.84 bits per heavy atom. The van der Waals surface area contributed by atoms with E-state index >= 15 is 0 Å². The molecule has 0 atom stereocenters. The van der Waals surface area contributed by atoms with Gasteiger partial charge in [-0.15, -0.1) is 0 Å². The number of fused-ring (bicyclic) bond motifs is 1. The summed E-state index contributed by atoms with van der Waals surface area (Å²) < 4.78 is 1.87. The van der Waals surface area contributed by atoms with Crippen LogP contribution in [0.4, 0.5) is 5.95 Å². The Morgan fingerprint density at radius 1 is 1.47 bits per heavy atom. The van der Waals surface area contributed by atoms with E-state index in [1.54, 1.807) is 12.5 Å². The summed E-state index contributed by atoms with van der Waals surface area (Å²) >= 11 is 0. The molecule has 2 heterocycles. The standard InChI is InChI=1S/C12H18N6O/c1-8(2)18-7-14-9-10(18)15-12(16-11(9)19)13-5-6-17(3)4/h5-8H,1-4H3,(H2,13,15,16,19)/b6-5+. The average molecular weight is 262 g/mol. The van der Waals surface area contributed by atoms with Crippen LogP contribution in [-0.2, 0) is 0 Å². The van der Waals surface area contributed by atoms with Crippen LogP contribution in [-0.4, -0.2) is 38.5 Å². The van der Waals surface area contributed by atoms with Crippen LogP contribution in [0, 0.1) is 0 Å². The fraction of sp³-hybridized carbons (Fsp3) is 0.417. The number of hydrogen-bond donors (Lipinski definition) is 2. The SMILES string of the molecule is CC(C)n1cnc2c(=O)[nH]c(N/C=C/N(C)C)nc21. The van der Waals surface area contributed by atoms with Crippen LogP contribution in [0.15, 0.2) is 23.5 Å². The number of hydrogen-bond acceptors (Lipinski definition) is 5. The van der Waals surface area contributed by atoms with Gasteiger partial charge in [0.15, 0.2) is 11.2 Å². The monoisotopic (exact) mass is 262 g/mol. The van der Waals surface area contributed by atoms with Gasteiger partial charge in [0.2, 0.25) is 5.95 Å². The first kappa shape index (κ1) is 13.1. The van der Waals surface area contributed by atoms with Gasteiger partial charge in [-0.2, -0.15) is 4.98 Å². The maximum Gasteiger partial charge on any atom is 0.280 e. The van der Waals surface area contributed by atoms with Gasteiger partial charge in [0.1, 0.15) is 0 Å². The lowest BCUT2D eigenvalue weighted by Gasteiger charge is -2.08. The van der Waals surface area contributed by atoms with Crippen molar-refractivity contribution in [2.75, 3.05) is 19.4 Å². The molecule has 0 aliphatic carbocycles. The van der Waals surface area contributed by atoms with Crippen molar-refractivity contribution < 1.29 is 0 Å². The van der Waals surface area contributed by atoms with Gasteiger partial charge < -0.3 is 14.8 Å². The van der Waals surface area contributed by atoms with Crippen molar-refractivity contribution in [2.24, 2.45) is 0 Å². The molecule has 0 saturated carbocycles. The maximum atomic E-state index is 11.9. The van der Waals surface area contributed by atoms with Crippen LogP contribution in [0.5, 0.6) is 0 Å². The third kappa shape index (κ3) is 2.75. The van der Waals surface area contributed by atoms with Crippen molar-refractivity contribution in [1.29, 1.82) is 0 Å². The summed E-state index contributed by atoms with van der Waals surface area (Å²) in [4.78, 5) is 24.9. The maximum absolute atomic E-state index is 11.9. The minimum atomic E-state index is -0.245. The van der Waals surface area contributed by atoms with E-state index in [4.69, 9.17) is 0 Å². The molecule has 7 heteroatoms. The molecular formula is C12H18N6O. The van der Waals surface area contributed by atoms with Crippen LogP contribution < -0.4 is 10.9 Å². The van der Waals surface area contributed by atoms with Gasteiger partial charge in [-0.3, -0.25) is 9.78 Å². The third-order valence-corrected chi connectivity index (χ3v) is 2.58. The fourth-order valence-electron chi connectivity index (χ4n) is 1.64. The molecule has 0 amide bonds. The summed E-state index contributed by atoms with van der Waals surface area (Å²) in [7, 11) is 3.82. The van der Waals surface area contributed by atoms with Gasteiger partial charge >= 0.3 is 0 Å². The quantitative estimate of drug-likeness (QED) is 0.864. The van der Waals surface area contributed by atoms with E-state index in [-0.39, 0.29) is 11.6 Å². The van der Waals surface area contributed by atoms with E-state index in [0.717, 1.165) is 0 Å². The Morgan fingerprint density at radius 2 is 2.21 bits per heavy atom. The molecule has 2 aromatic heterocycles. The molecule has 19 heavy (non-hydrogen) atoms. The zero-order valence-electron chi connectivity index (χ0n) is 11.5. The molecule has 0 aliphatic heterocycles. The summed E-state index contributed by atoms with van der Waals surface area (Å²) in [6, 6.07) is 0.199. The molecule has 2 aromatic rings. The highest BCUT2D eigenvalue weighted by atomic mass is 16.1. The lowest BCUT2D eigenvalue weighted by Crippen LogP contribution is -2.13. The second-order valence-electron chi connectivity index (χ2n) is 4.76. The number of imidazole rings is 1. The van der Waals surface area contributed by atoms with Crippen molar-refractivity contribution in [3.63, 3.8) is 0 Å². The number of rotatable bonds is 4. The molecule has 2 rings (SSSR count). The van der Waals surface area contributed by atoms with Crippen molar-refractivity contribution in [2.45, 2.75) is 19.9 Å². The lowest BCUT2D eigenvalue weighted by atomic mass is 10.4. The largest absolute Gasteiger partial charge is 0.382 e. The Bertz CT molecular complexity index is 652. The Kier molecular flexibility index (Phi) is 3.55. The number of nitrogens with one attached hydrogen (secondary N) is 2. The molecule has 0 spiro atoms. The minimum Gasteiger partial charge on any atom is -0.382 e. The molecule has 0 aliphatic rings. The van der Waals surface area contributed by atoms with Crippen molar-refractivity contribution in [1.82, 2.24) is 24.4 Å². The minimum absolute atomic E-state index is 0.199. The van der Waals surface area contributed by atoms with Gasteiger partial charge in [0, 0.05) is 32.5 Å². The predicted octanol–water partition coefficient (Wildman–Crippen LogP) is 1.15. The van der Waals surface area contributed by atoms with Gasteiger partial charge in [-0.1, -0.05) is 0 Å². The highest BCUT2D eigenvalue weighted by molar-refractivity contribution is 5.71. The molecule has 102 valence electrons. The third-order valence-electron chi connectivity index (χ3n) is 2.58. The summed E-state index contributed by atoms with van der Waals surface area (Å²) in [5.41, 5.74) is 0.695. The molecular weight excluding hydrogens is 244 g/mol. The molecule has 0 aromatic carbocycles. The first-order chi connectivity index (χ1) is 8.99. The summed E-state index contributed by atoms with van der Waals surface area (Å²) in [6.07, 6.45) is 5.17. The number of aromatic amines is 1. The van der Waals surface area contributed by atoms with Crippen LogP contribution in [0.3, 0.4) is 0 Å². The smallest absolute Gasteiger partial charge is 0.280 e. The summed E-state index contributed by atoms with van der Waals surface area (Å²) in [5.74, 6) is 0.401. The molecule has 0 unspecified atom stereocenters. The van der Waals surface area contributed by atoms with E-state index in [9.17, 15) is 4.79 Å². The summed E-state index contributed by atoms with van der Waals surface area (Å²) in [5, 5.41) is 2.93. The molecule has 0 radical (unpaired) electrons. The van der Waals surface area contributed by atoms with Gasteiger partial charge in [0.05, 0.1) is 6.33 Å². The number of aromatic nitrogens is 4. The topological polar surface area (TPSA) is 78.8 Å². The van der Waals surface area contributed by atoms with Crippen LogP contribution >= 0.6 is 0 Å². The van der Waals surface area contributed by atoms with E-state index in [1.165, 1.54) is 0 Å². The Labute approximate surface area is 111 Å². The lowest BCUT2D eigenvalue weighted by molar-refractivity contribution is 0.563. The van der Waals surface area contributed by atoms with Crippen molar-refractivity contribution in [3.05, 3.63) is 29.1 Å². The first-order valence-electron chi connectivity index (χ1n) is 6.05. The molecule has 2 N–H and O–H groups in total. The average Bonchev–Trinajstić information content (AvgIpc) is 2.72. The van der Waals surface area contributed by atoms with E-state index in [1.807, 2.05) is 43.6 Å². The van der Waals surface area contributed by atoms with Gasteiger partial charge in [0.25, 0.3) is 5.56 Å². The van der Waals surface area contributed by atoms with Crippen LogP contribution in [0.1, 0.15) is 19.9 Å². The van der Waals surface area contributed by atoms with Crippen molar-refractivity contribution >= 4 is 17.1 Å². The van der Waals surface area contributed by atoms with E-state index < -0.39 is 0 Å². The zero-order valence-corrected chi connectivity index (χ0v) is 11.5. The van der Waals surface area contributed by atoms with Crippen LogP contribution in [0.25, 0.3) is 11.2 Å². The Balaban J connectivity index is 2.42. The molecule has 0 fully saturated rings. The normalized spacial score (nSPS) is 11.6. The molecule has 7 nitrogen and oxygen atoms in total.